The number of likely N-dealkylation sites (tertiary alicyclic amines) is 1. The van der Waals surface area contributed by atoms with Crippen molar-refractivity contribution in [1.29, 1.82) is 0 Å². The largest absolute Gasteiger partial charge is 0.401 e. The van der Waals surface area contributed by atoms with Gasteiger partial charge in [-0.05, 0) is 50.5 Å². The fraction of sp³-hybridized carbons (Fsp3) is 0.588. The second-order valence-corrected chi connectivity index (χ2v) is 6.23. The van der Waals surface area contributed by atoms with Crippen LogP contribution in [0.15, 0.2) is 24.3 Å². The highest BCUT2D eigenvalue weighted by Crippen LogP contribution is 2.22. The smallest absolute Gasteiger partial charge is 0.352 e. The van der Waals surface area contributed by atoms with Crippen LogP contribution >= 0.6 is 12.4 Å². The quantitative estimate of drug-likeness (QED) is 0.765. The van der Waals surface area contributed by atoms with Crippen molar-refractivity contribution < 1.29 is 18.0 Å². The Bertz CT molecular complexity index is 554. The molecule has 0 radical (unpaired) electrons. The molecule has 2 N–H and O–H groups in total. The molecule has 1 atom stereocenters. The van der Waals surface area contributed by atoms with Crippen LogP contribution in [0.2, 0.25) is 0 Å². The summed E-state index contributed by atoms with van der Waals surface area (Å²) in [7, 11) is 1.86. The topological polar surface area (TPSA) is 44.4 Å². The molecular formula is C17H25ClF3N3O. The number of hydrogen-bond donors (Lipinski definition) is 2. The molecule has 0 aromatic heterocycles. The molecule has 1 saturated heterocycles. The second-order valence-electron chi connectivity index (χ2n) is 6.23. The van der Waals surface area contributed by atoms with Crippen LogP contribution in [-0.4, -0.2) is 56.8 Å². The van der Waals surface area contributed by atoms with E-state index in [1.165, 1.54) is 4.90 Å². The van der Waals surface area contributed by atoms with Crippen molar-refractivity contribution in [2.75, 3.05) is 39.8 Å². The molecule has 25 heavy (non-hydrogen) atoms. The highest BCUT2D eigenvalue weighted by atomic mass is 35.5. The van der Waals surface area contributed by atoms with Crippen LogP contribution in [0.3, 0.4) is 0 Å². The van der Waals surface area contributed by atoms with Gasteiger partial charge >= 0.3 is 6.18 Å². The fourth-order valence-corrected chi connectivity index (χ4v) is 3.03. The minimum Gasteiger partial charge on any atom is -0.352 e. The molecule has 0 spiro atoms. The molecule has 0 aliphatic carbocycles. The van der Waals surface area contributed by atoms with E-state index in [0.717, 1.165) is 18.5 Å². The van der Waals surface area contributed by atoms with E-state index in [4.69, 9.17) is 0 Å². The number of hydrogen-bond acceptors (Lipinski definition) is 3. The van der Waals surface area contributed by atoms with Gasteiger partial charge in [0.1, 0.15) is 0 Å². The molecule has 1 aliphatic heterocycles. The van der Waals surface area contributed by atoms with Crippen LogP contribution in [0, 0.1) is 5.92 Å². The fourth-order valence-electron chi connectivity index (χ4n) is 3.03. The van der Waals surface area contributed by atoms with E-state index in [1.807, 2.05) is 25.2 Å². The van der Waals surface area contributed by atoms with Crippen LogP contribution in [0.4, 0.5) is 13.2 Å². The van der Waals surface area contributed by atoms with Crippen LogP contribution in [0.25, 0.3) is 0 Å². The second kappa shape index (κ2) is 9.99. The van der Waals surface area contributed by atoms with Gasteiger partial charge in [0, 0.05) is 18.7 Å². The Morgan fingerprint density at radius 1 is 1.32 bits per heavy atom. The third-order valence-corrected chi connectivity index (χ3v) is 4.23. The van der Waals surface area contributed by atoms with Crippen LogP contribution < -0.4 is 10.6 Å². The number of amides is 1. The predicted molar refractivity (Wildman–Crippen MR) is 94.3 cm³/mol. The van der Waals surface area contributed by atoms with E-state index >= 15 is 0 Å². The lowest BCUT2D eigenvalue weighted by Gasteiger charge is -2.18. The molecule has 1 aromatic rings. The summed E-state index contributed by atoms with van der Waals surface area (Å²) in [6.07, 6.45) is -2.73. The van der Waals surface area contributed by atoms with Crippen LogP contribution in [-0.2, 0) is 6.42 Å². The Labute approximate surface area is 152 Å². The normalized spacial score (nSPS) is 18.0. The van der Waals surface area contributed by atoms with Crippen molar-refractivity contribution in [3.8, 4) is 0 Å². The maximum absolute atomic E-state index is 12.4. The van der Waals surface area contributed by atoms with E-state index < -0.39 is 12.7 Å². The molecule has 4 nitrogen and oxygen atoms in total. The highest BCUT2D eigenvalue weighted by Gasteiger charge is 2.34. The summed E-state index contributed by atoms with van der Waals surface area (Å²) in [5.74, 6) is -0.0863. The van der Waals surface area contributed by atoms with Gasteiger partial charge in [-0.3, -0.25) is 9.69 Å². The van der Waals surface area contributed by atoms with Crippen molar-refractivity contribution in [2.45, 2.75) is 19.0 Å². The van der Waals surface area contributed by atoms with Gasteiger partial charge in [0.25, 0.3) is 5.91 Å². The van der Waals surface area contributed by atoms with Crippen molar-refractivity contribution >= 4 is 18.3 Å². The highest BCUT2D eigenvalue weighted by molar-refractivity contribution is 5.95. The number of carbonyl (C=O) groups is 1. The summed E-state index contributed by atoms with van der Waals surface area (Å²) in [6, 6.07) is 7.42. The van der Waals surface area contributed by atoms with Gasteiger partial charge < -0.3 is 10.6 Å². The number of likely N-dealkylation sites (N-methyl/N-ethyl adjacent to an activating group) is 1. The van der Waals surface area contributed by atoms with Gasteiger partial charge in [0.05, 0.1) is 6.54 Å². The monoisotopic (exact) mass is 379 g/mol. The van der Waals surface area contributed by atoms with Crippen LogP contribution in [0.5, 0.6) is 0 Å². The first-order chi connectivity index (χ1) is 11.4. The zero-order valence-corrected chi connectivity index (χ0v) is 15.1. The number of benzene rings is 1. The number of rotatable bonds is 7. The van der Waals surface area contributed by atoms with Gasteiger partial charge in [0.2, 0.25) is 0 Å². The Morgan fingerprint density at radius 3 is 2.72 bits per heavy atom. The molecule has 1 aliphatic rings. The minimum absolute atomic E-state index is 0. The molecule has 8 heteroatoms. The predicted octanol–water partition coefficient (Wildman–Crippen LogP) is 2.48. The number of nitrogens with one attached hydrogen (secondary N) is 2. The van der Waals surface area contributed by atoms with Crippen molar-refractivity contribution in [3.05, 3.63) is 35.4 Å². The van der Waals surface area contributed by atoms with Gasteiger partial charge in [-0.15, -0.1) is 12.4 Å². The minimum atomic E-state index is -4.16. The van der Waals surface area contributed by atoms with Crippen molar-refractivity contribution in [2.24, 2.45) is 5.92 Å². The molecule has 1 unspecified atom stereocenters. The molecule has 0 bridgehead atoms. The maximum Gasteiger partial charge on any atom is 0.401 e. The first kappa shape index (κ1) is 21.7. The molecule has 0 saturated carbocycles. The summed E-state index contributed by atoms with van der Waals surface area (Å²) in [5, 5.41) is 5.93. The summed E-state index contributed by atoms with van der Waals surface area (Å²) >= 11 is 0. The Morgan fingerprint density at radius 2 is 2.04 bits per heavy atom. The third-order valence-electron chi connectivity index (χ3n) is 4.23. The lowest BCUT2D eigenvalue weighted by atomic mass is 10.0. The van der Waals surface area contributed by atoms with Crippen molar-refractivity contribution in [3.63, 3.8) is 0 Å². The Hall–Kier alpha value is -1.31. The van der Waals surface area contributed by atoms with Gasteiger partial charge in [0.15, 0.2) is 0 Å². The number of halogens is 4. The molecule has 1 heterocycles. The molecule has 2 rings (SSSR count). The molecule has 1 aromatic carbocycles. The summed E-state index contributed by atoms with van der Waals surface area (Å²) < 4.78 is 37.2. The van der Waals surface area contributed by atoms with E-state index in [0.29, 0.717) is 31.6 Å². The third kappa shape index (κ3) is 7.22. The van der Waals surface area contributed by atoms with E-state index in [2.05, 4.69) is 10.6 Å². The van der Waals surface area contributed by atoms with Gasteiger partial charge in [-0.25, -0.2) is 0 Å². The average molecular weight is 380 g/mol. The first-order valence-corrected chi connectivity index (χ1v) is 8.19. The maximum atomic E-state index is 12.4. The van der Waals surface area contributed by atoms with E-state index in [9.17, 15) is 18.0 Å². The van der Waals surface area contributed by atoms with Gasteiger partial charge in [-0.2, -0.15) is 13.2 Å². The van der Waals surface area contributed by atoms with Gasteiger partial charge in [-0.1, -0.05) is 18.2 Å². The standard InChI is InChI=1S/C17H24F3N3O.ClH/c1-21-8-6-14-4-2-3-5-15(14)16(24)22-10-13-7-9-23(11-13)12-17(18,19)20;/h2-5,13,21H,6-12H2,1H3,(H,22,24);1H. The molecule has 142 valence electrons. The zero-order chi connectivity index (χ0) is 17.6. The Kier molecular flexibility index (Phi) is 8.68. The number of nitrogens with zero attached hydrogens (tertiary/aromatic N) is 1. The van der Waals surface area contributed by atoms with Crippen molar-refractivity contribution in [1.82, 2.24) is 15.5 Å². The first-order valence-electron chi connectivity index (χ1n) is 8.19. The molecule has 1 amide bonds. The lowest BCUT2D eigenvalue weighted by molar-refractivity contribution is -0.143. The molecular weight excluding hydrogens is 355 g/mol. The van der Waals surface area contributed by atoms with E-state index in [1.54, 1.807) is 6.07 Å². The van der Waals surface area contributed by atoms with Crippen LogP contribution in [0.1, 0.15) is 22.3 Å². The van der Waals surface area contributed by atoms with E-state index in [-0.39, 0.29) is 24.2 Å². The summed E-state index contributed by atoms with van der Waals surface area (Å²) in [5.41, 5.74) is 1.60. The zero-order valence-electron chi connectivity index (χ0n) is 14.2. The summed E-state index contributed by atoms with van der Waals surface area (Å²) in [4.78, 5) is 13.8. The SMILES string of the molecule is CNCCc1ccccc1C(=O)NCC1CCN(CC(F)(F)F)C1.Cl. The number of carbonyl (C=O) groups excluding carboxylic acids is 1. The molecule has 1 fully saturated rings. The average Bonchev–Trinajstić information content (AvgIpc) is 2.96. The Balaban J connectivity index is 0.00000312. The lowest BCUT2D eigenvalue weighted by Crippen LogP contribution is -2.35. The summed E-state index contributed by atoms with van der Waals surface area (Å²) in [6.45, 7) is 1.12. The number of alkyl halides is 3.